The van der Waals surface area contributed by atoms with Gasteiger partial charge in [-0.15, -0.1) is 0 Å². The van der Waals surface area contributed by atoms with E-state index in [0.717, 1.165) is 0 Å². The van der Waals surface area contributed by atoms with Gasteiger partial charge in [0.1, 0.15) is 0 Å². The Morgan fingerprint density at radius 1 is 1.38 bits per heavy atom. The number of hydrazone groups is 1. The minimum atomic E-state index is -0.239. The molecular formula is C9H11N3O. The van der Waals surface area contributed by atoms with Gasteiger partial charge in [-0.2, -0.15) is 5.10 Å². The van der Waals surface area contributed by atoms with Crippen LogP contribution >= 0.6 is 0 Å². The first-order chi connectivity index (χ1) is 6.16. The summed E-state index contributed by atoms with van der Waals surface area (Å²) in [6.07, 6.45) is 0. The first-order valence-corrected chi connectivity index (χ1v) is 3.80. The molecule has 1 aromatic rings. The molecule has 0 unspecified atom stereocenters. The van der Waals surface area contributed by atoms with E-state index >= 15 is 0 Å². The minimum Gasteiger partial charge on any atom is -0.396 e. The molecule has 0 saturated heterocycles. The number of rotatable bonds is 1. The Labute approximate surface area is 75.9 Å². The summed E-state index contributed by atoms with van der Waals surface area (Å²) >= 11 is 0. The number of nitrogen functional groups attached to an aromatic ring is 1. The molecule has 4 heteroatoms. The van der Waals surface area contributed by atoms with Crippen molar-refractivity contribution in [2.24, 2.45) is 10.9 Å². The standard InChI is InChI=1S/C9H11N3O/c1-6(12-11)7-4-2-3-5-8(10)9(7)13/h2-5H,11H2,1H3,(H2,10,13)/b12-6+. The van der Waals surface area contributed by atoms with Crippen molar-refractivity contribution in [2.45, 2.75) is 6.92 Å². The third-order valence-electron chi connectivity index (χ3n) is 1.74. The van der Waals surface area contributed by atoms with Crippen molar-refractivity contribution in [1.29, 1.82) is 0 Å². The molecule has 13 heavy (non-hydrogen) atoms. The highest BCUT2D eigenvalue weighted by molar-refractivity contribution is 5.98. The average Bonchev–Trinajstić information content (AvgIpc) is 2.29. The molecule has 0 atom stereocenters. The Balaban J connectivity index is 3.50. The molecule has 0 aliphatic heterocycles. The second-order valence-corrected chi connectivity index (χ2v) is 2.63. The molecule has 0 radical (unpaired) electrons. The maximum absolute atomic E-state index is 11.5. The third-order valence-corrected chi connectivity index (χ3v) is 1.74. The van der Waals surface area contributed by atoms with Crippen LogP contribution in [0.4, 0.5) is 5.69 Å². The summed E-state index contributed by atoms with van der Waals surface area (Å²) in [7, 11) is 0. The van der Waals surface area contributed by atoms with Crippen molar-refractivity contribution < 1.29 is 0 Å². The fraction of sp³-hybridized carbons (Fsp3) is 0.111. The van der Waals surface area contributed by atoms with Gasteiger partial charge in [-0.25, -0.2) is 0 Å². The number of hydrogen-bond acceptors (Lipinski definition) is 4. The second-order valence-electron chi connectivity index (χ2n) is 2.63. The lowest BCUT2D eigenvalue weighted by Gasteiger charge is -1.93. The van der Waals surface area contributed by atoms with Gasteiger partial charge < -0.3 is 11.6 Å². The van der Waals surface area contributed by atoms with Crippen LogP contribution in [0.3, 0.4) is 0 Å². The van der Waals surface area contributed by atoms with Crippen molar-refractivity contribution in [3.8, 4) is 0 Å². The molecule has 0 aliphatic carbocycles. The van der Waals surface area contributed by atoms with Gasteiger partial charge in [0.2, 0.25) is 5.43 Å². The van der Waals surface area contributed by atoms with Crippen molar-refractivity contribution in [3.63, 3.8) is 0 Å². The summed E-state index contributed by atoms with van der Waals surface area (Å²) in [5.74, 6) is 5.07. The molecule has 1 aromatic carbocycles. The first-order valence-electron chi connectivity index (χ1n) is 3.80. The van der Waals surface area contributed by atoms with Crippen molar-refractivity contribution in [1.82, 2.24) is 0 Å². The lowest BCUT2D eigenvalue weighted by Crippen LogP contribution is -2.15. The Hall–Kier alpha value is -1.84. The van der Waals surface area contributed by atoms with Crippen LogP contribution in [-0.2, 0) is 0 Å². The molecule has 0 fully saturated rings. The maximum Gasteiger partial charge on any atom is 0.210 e. The van der Waals surface area contributed by atoms with E-state index < -0.39 is 0 Å². The quantitative estimate of drug-likeness (QED) is 0.368. The Morgan fingerprint density at radius 3 is 2.62 bits per heavy atom. The molecular weight excluding hydrogens is 166 g/mol. The van der Waals surface area contributed by atoms with Crippen LogP contribution in [0, 0.1) is 0 Å². The summed E-state index contributed by atoms with van der Waals surface area (Å²) in [5.41, 5.74) is 6.36. The first kappa shape index (κ1) is 9.25. The van der Waals surface area contributed by atoms with E-state index in [1.807, 2.05) is 0 Å². The second kappa shape index (κ2) is 3.71. The van der Waals surface area contributed by atoms with E-state index in [4.69, 9.17) is 11.6 Å². The largest absolute Gasteiger partial charge is 0.396 e. The molecule has 0 amide bonds. The van der Waals surface area contributed by atoms with Crippen LogP contribution in [0.1, 0.15) is 12.5 Å². The predicted molar refractivity (Wildman–Crippen MR) is 53.5 cm³/mol. The molecule has 0 aromatic heterocycles. The topological polar surface area (TPSA) is 81.5 Å². The highest BCUT2D eigenvalue weighted by Crippen LogP contribution is 1.97. The van der Waals surface area contributed by atoms with E-state index in [1.54, 1.807) is 31.2 Å². The van der Waals surface area contributed by atoms with Crippen LogP contribution in [-0.4, -0.2) is 5.71 Å². The van der Waals surface area contributed by atoms with E-state index in [2.05, 4.69) is 5.10 Å². The van der Waals surface area contributed by atoms with Crippen LogP contribution < -0.4 is 17.0 Å². The van der Waals surface area contributed by atoms with Gasteiger partial charge in [0, 0.05) is 5.56 Å². The Kier molecular flexibility index (Phi) is 2.64. The molecule has 0 spiro atoms. The fourth-order valence-electron chi connectivity index (χ4n) is 0.972. The normalized spacial score (nSPS) is 11.3. The minimum absolute atomic E-state index is 0.197. The summed E-state index contributed by atoms with van der Waals surface area (Å²) in [5, 5.41) is 3.45. The molecule has 4 nitrogen and oxygen atoms in total. The van der Waals surface area contributed by atoms with Gasteiger partial charge >= 0.3 is 0 Å². The monoisotopic (exact) mass is 177 g/mol. The zero-order valence-electron chi connectivity index (χ0n) is 7.32. The fourth-order valence-corrected chi connectivity index (χ4v) is 0.972. The van der Waals surface area contributed by atoms with Crippen molar-refractivity contribution in [3.05, 3.63) is 40.1 Å². The van der Waals surface area contributed by atoms with Gasteiger partial charge in [-0.05, 0) is 19.1 Å². The molecule has 0 bridgehead atoms. The number of nitrogens with two attached hydrogens (primary N) is 2. The molecule has 0 heterocycles. The number of anilines is 1. The van der Waals surface area contributed by atoms with E-state index in [1.165, 1.54) is 0 Å². The van der Waals surface area contributed by atoms with Crippen LogP contribution in [0.25, 0.3) is 0 Å². The van der Waals surface area contributed by atoms with Gasteiger partial charge in [0.05, 0.1) is 11.4 Å². The van der Waals surface area contributed by atoms with Crippen molar-refractivity contribution in [2.75, 3.05) is 5.73 Å². The average molecular weight is 177 g/mol. The van der Waals surface area contributed by atoms with Gasteiger partial charge in [0.25, 0.3) is 0 Å². The third kappa shape index (κ3) is 1.84. The van der Waals surface area contributed by atoms with E-state index in [9.17, 15) is 4.79 Å². The van der Waals surface area contributed by atoms with Crippen LogP contribution in [0.2, 0.25) is 0 Å². The van der Waals surface area contributed by atoms with Crippen molar-refractivity contribution >= 4 is 11.4 Å². The lowest BCUT2D eigenvalue weighted by molar-refractivity contribution is 1.23. The lowest BCUT2D eigenvalue weighted by atomic mass is 10.2. The molecule has 4 N–H and O–H groups in total. The highest BCUT2D eigenvalue weighted by Gasteiger charge is 2.02. The van der Waals surface area contributed by atoms with E-state index in [0.29, 0.717) is 11.3 Å². The van der Waals surface area contributed by atoms with Crippen LogP contribution in [0.15, 0.2) is 34.2 Å². The molecule has 1 rings (SSSR count). The summed E-state index contributed by atoms with van der Waals surface area (Å²) in [6, 6.07) is 6.62. The van der Waals surface area contributed by atoms with Gasteiger partial charge in [-0.1, -0.05) is 12.1 Å². The molecule has 0 saturated carbocycles. The number of hydrogen-bond donors (Lipinski definition) is 2. The Bertz CT molecular complexity index is 398. The Morgan fingerprint density at radius 2 is 2.00 bits per heavy atom. The molecule has 68 valence electrons. The number of nitrogens with zero attached hydrogens (tertiary/aromatic N) is 1. The van der Waals surface area contributed by atoms with Gasteiger partial charge in [0.15, 0.2) is 0 Å². The summed E-state index contributed by atoms with van der Waals surface area (Å²) < 4.78 is 0. The highest BCUT2D eigenvalue weighted by atomic mass is 16.1. The predicted octanol–water partition coefficient (Wildman–Crippen LogP) is 0.312. The zero-order valence-corrected chi connectivity index (χ0v) is 7.32. The smallest absolute Gasteiger partial charge is 0.210 e. The summed E-state index contributed by atoms with van der Waals surface area (Å²) in [6.45, 7) is 1.66. The summed E-state index contributed by atoms with van der Waals surface area (Å²) in [4.78, 5) is 11.5. The van der Waals surface area contributed by atoms with E-state index in [-0.39, 0.29) is 11.1 Å². The van der Waals surface area contributed by atoms with Crippen LogP contribution in [0.5, 0.6) is 0 Å². The SMILES string of the molecule is C/C(=N\N)c1ccccc(N)c1=O. The van der Waals surface area contributed by atoms with Gasteiger partial charge in [-0.3, -0.25) is 4.79 Å². The zero-order chi connectivity index (χ0) is 9.84. The molecule has 0 aliphatic rings. The maximum atomic E-state index is 11.5.